The highest BCUT2D eigenvalue weighted by molar-refractivity contribution is 5.88. The molecule has 0 radical (unpaired) electrons. The fraction of sp³-hybridized carbons (Fsp3) is 0.438. The number of nitrogens with one attached hydrogen (secondary N) is 12. The first kappa shape index (κ1) is 34.9. The van der Waals surface area contributed by atoms with Crippen LogP contribution in [0.1, 0.15) is 157 Å². The third-order valence-corrected chi connectivity index (χ3v) is 16.9. The molecule has 0 unspecified atom stereocenters. The van der Waals surface area contributed by atoms with Crippen molar-refractivity contribution in [3.05, 3.63) is 213 Å². The molecule has 6 aromatic carbocycles. The van der Waals surface area contributed by atoms with Gasteiger partial charge in [0.2, 0.25) is 0 Å². The number of H-pyrrole nitrogens is 6. The summed E-state index contributed by atoms with van der Waals surface area (Å²) in [5.74, 6) is 0. The fourth-order valence-corrected chi connectivity index (χ4v) is 11.3. The van der Waals surface area contributed by atoms with Crippen molar-refractivity contribution in [2.24, 2.45) is 0 Å². The second kappa shape index (κ2) is 43.7. The van der Waals surface area contributed by atoms with Crippen LogP contribution in [0, 0.1) is 0 Å². The molecule has 12 heterocycles. The first-order chi connectivity index (χ1) is 91.6. The van der Waals surface area contributed by atoms with Gasteiger partial charge >= 0.3 is 36.6 Å². The highest BCUT2D eigenvalue weighted by atomic mass is 16.6. The van der Waals surface area contributed by atoms with Crippen molar-refractivity contribution in [3.8, 4) is 0 Å². The molecule has 0 bridgehead atoms. The Morgan fingerprint density at radius 1 is 0.310 bits per heavy atom. The molecule has 6 fully saturated rings. The molecule has 12 aromatic rings. The zero-order valence-electron chi connectivity index (χ0n) is 145. The van der Waals surface area contributed by atoms with Crippen molar-refractivity contribution in [1.29, 1.82) is 0 Å². The van der Waals surface area contributed by atoms with Gasteiger partial charge in [-0.05, 0) is 300 Å². The van der Waals surface area contributed by atoms with Gasteiger partial charge in [0, 0.05) is 183 Å². The van der Waals surface area contributed by atoms with Crippen molar-refractivity contribution in [2.75, 3.05) is 163 Å². The Kier molecular flexibility index (Phi) is 12.1. The summed E-state index contributed by atoms with van der Waals surface area (Å²) in [5, 5.41) is -1.70. The number of likely N-dealkylation sites (N-methyl/N-ethyl adjacent to an activating group) is 6. The van der Waals surface area contributed by atoms with Gasteiger partial charge in [-0.3, -0.25) is 0 Å². The zero-order chi connectivity index (χ0) is 157. The SMILES string of the molecule is [2H]c1c(C[C@]2([2H])N([2H])C(=O)OC2([2H])[2H])c([2H])c2c(C([2H])([2H])CN(C([2H])([2H])[2H])C([2H])([2H])[2H])cn([2H])c2c1[2H].[2H]c1c(C[C@]2([2H])N([2H])C(=O)OC2([2H])[2H])c([2H])c2c(C([2H])([2H])CN(C)C([2H])([2H])[2H])cn([2H])c2c1[2H].[2H]c1c(C[C@]2([2H])N([2H])C(=O)OC2([2H])[2H])c([2H])c2c(C([2H])([2H])CN(C)C)cn([2H])c2c1[2H].[2H]c1c(C[C@]2([2H])N([2H])C(=O)OC2([2H])[2H])c([2H])c2c(CC([2H])([2H])N(C([2H])([2H])[2H])C([2H])([2H])[2H])cn([2H])c2c1[2H].[2H]c1c(C[C@]2([2H])N([2H])C(=O)OC2([2H])[2H])c([2H])c2c(CC([2H])([2H])N(C)C([2H])([2H])[2H])cn([2H])c2c1[2H].[2H]c1c(C[C@]2([2H])N([2H])C(=O)OC2([2H])[2H])c([2H])c2c(CC([2H])([2H])N(C)C)cn([2H])c2c1[2H]. The third kappa shape index (κ3) is 26.5. The number of aryl methyl sites for hydroxylation is 3. The van der Waals surface area contributed by atoms with E-state index in [1.54, 1.807) is 19.0 Å². The van der Waals surface area contributed by atoms with Crippen molar-refractivity contribution in [1.82, 2.24) is 91.1 Å². The predicted octanol–water partition coefficient (Wildman–Crippen LogP) is 11.5. The van der Waals surface area contributed by atoms with Crippen LogP contribution in [0.4, 0.5) is 28.8 Å². The molecule has 6 aromatic heterocycles. The summed E-state index contributed by atoms with van der Waals surface area (Å²) in [7, 11) is 8.56. The average molecular weight is 1800 g/mol. The van der Waals surface area contributed by atoms with E-state index in [0.29, 0.717) is 24.8 Å². The van der Waals surface area contributed by atoms with Gasteiger partial charge in [0.25, 0.3) is 0 Å². The minimum absolute atomic E-state index is 0.000934. The molecule has 672 valence electrons. The molecule has 6 aliphatic rings. The lowest BCUT2D eigenvalue weighted by atomic mass is 10.0. The van der Waals surface area contributed by atoms with Crippen molar-refractivity contribution < 1.29 is 165 Å². The van der Waals surface area contributed by atoms with Gasteiger partial charge in [-0.2, -0.15) is 0 Å². The molecule has 0 spiro atoms. The van der Waals surface area contributed by atoms with Crippen LogP contribution in [0.25, 0.3) is 65.4 Å². The number of alkyl carbamates (subject to hydrolysis) is 6. The number of hydrogen-bond donors (Lipinski definition) is 12. The first-order valence-corrected chi connectivity index (χ1v) is 36.8. The van der Waals surface area contributed by atoms with E-state index < -0.39 is 393 Å². The number of cyclic esters (lactones) is 6. The normalized spacial score (nSPS) is 34.9. The maximum Gasteiger partial charge on any atom is 0.407 e. The quantitative estimate of drug-likeness (QED) is 0.0186. The molecular weight excluding hydrogens is 1600 g/mol. The summed E-state index contributed by atoms with van der Waals surface area (Å²) in [6.45, 7) is -46.1. The van der Waals surface area contributed by atoms with Gasteiger partial charge in [0.05, 0.1) is 85.5 Å². The zero-order valence-corrected chi connectivity index (χ0v) is 66.9. The molecule has 0 aliphatic carbocycles. The van der Waals surface area contributed by atoms with Crippen LogP contribution in [0.15, 0.2) is 146 Å². The van der Waals surface area contributed by atoms with Gasteiger partial charge in [0.15, 0.2) is 16.9 Å². The summed E-state index contributed by atoms with van der Waals surface area (Å²) in [5.41, 5.74) is -5.05. The molecule has 30 nitrogen and oxygen atoms in total. The number of ether oxygens (including phenoxy) is 6. The van der Waals surface area contributed by atoms with Crippen LogP contribution in [0.5, 0.6) is 0 Å². The molecular formula is C96H126N18O12. The van der Waals surface area contributed by atoms with Crippen LogP contribution in [0.2, 0.25) is 16.9 Å². The van der Waals surface area contributed by atoms with Crippen molar-refractivity contribution in [2.45, 2.75) is 113 Å². The molecule has 6 saturated heterocycles. The molecule has 6 aliphatic heterocycles. The Balaban J connectivity index is 0.000000196. The minimum Gasteiger partial charge on any atom is -0.447 e. The van der Waals surface area contributed by atoms with Crippen LogP contribution in [-0.4, -0.2) is 295 Å². The van der Waals surface area contributed by atoms with E-state index in [4.69, 9.17) is 107 Å². The largest absolute Gasteiger partial charge is 0.447 e. The van der Waals surface area contributed by atoms with Gasteiger partial charge in [-0.25, -0.2) is 28.8 Å². The molecule has 12 N–H and O–H groups in total. The maximum atomic E-state index is 11.7. The number of benzene rings is 6. The smallest absolute Gasteiger partial charge is 0.407 e. The molecule has 126 heavy (non-hydrogen) atoms. The van der Waals surface area contributed by atoms with E-state index in [1.807, 2.05) is 0 Å². The van der Waals surface area contributed by atoms with Crippen LogP contribution >= 0.6 is 0 Å². The molecule has 30 heteroatoms. The number of fused-ring (bicyclic) bond motifs is 6. The van der Waals surface area contributed by atoms with Crippen molar-refractivity contribution >= 4 is 102 Å². The van der Waals surface area contributed by atoms with Crippen LogP contribution < -0.4 is 31.9 Å². The number of aromatic amines is 6. The predicted molar refractivity (Wildman–Crippen MR) is 495 cm³/mol. The number of carbonyl (C=O) groups excluding carboxylic acids is 6. The standard InChI is InChI=1S/6C16H21N3O2/c6*1-19(2)6-5-12-9-17-15-4-3-11(8-14(12)15)7-13-10-21-16(20)18-13/h6*3-4,8-9,13,17H,5-7,10H2,1-2H3,(H,18,20)/t6*13-/m000000/s1/i1D3,2D3,3D,4D,6D2,8D,10D2,13D;1D3,2D3,3D,4D,5D2,8D,10D2,13D;1D3,3D,4D,6D2,8D,10D2,13D;1D3,3D,4D,5D2,8D,10D2,13D;3D,4D,6D2,8D,10D2,13D;3D,4D,5D2,8D,10D2,13D/hD12. The van der Waals surface area contributed by atoms with Gasteiger partial charge in [-0.1, -0.05) is 36.3 Å². The summed E-state index contributed by atoms with van der Waals surface area (Å²) in [4.78, 5) is 77.8. The van der Waals surface area contributed by atoms with Gasteiger partial charge in [-0.15, -0.1) is 0 Å². The first-order valence-electron chi connectivity index (χ1n) is 75.2. The van der Waals surface area contributed by atoms with Gasteiger partial charge < -0.3 is 120 Å². The molecule has 0 saturated carbocycles. The van der Waals surface area contributed by atoms with E-state index in [-0.39, 0.29) is 160 Å². The van der Waals surface area contributed by atoms with Crippen molar-refractivity contribution in [3.63, 3.8) is 0 Å². The minimum atomic E-state index is -3.41. The summed E-state index contributed by atoms with van der Waals surface area (Å²) in [6, 6.07) is -27.1. The Morgan fingerprint density at radius 2 is 0.524 bits per heavy atom. The third-order valence-electron chi connectivity index (χ3n) is 16.9. The number of carbonyl (C=O) groups is 6. The monoisotopic (exact) mass is 1800 g/mol. The van der Waals surface area contributed by atoms with E-state index in [0.717, 1.165) is 52.9 Å². The topological polar surface area (TPSA) is 344 Å². The highest BCUT2D eigenvalue weighted by Crippen LogP contribution is 2.29. The summed E-state index contributed by atoms with van der Waals surface area (Å²) in [6.07, 6.45) is -17.0. The van der Waals surface area contributed by atoms with Crippen LogP contribution in [-0.2, 0) is 105 Å². The number of amides is 6. The maximum absolute atomic E-state index is 11.7. The van der Waals surface area contributed by atoms with E-state index >= 15 is 0 Å². The molecule has 6 atom stereocenters. The number of hydrogen-bond acceptors (Lipinski definition) is 18. The Hall–Kier alpha value is -12.1. The second-order valence-electron chi connectivity index (χ2n) is 27.1. The van der Waals surface area contributed by atoms with E-state index in [2.05, 4.69) is 28.4 Å². The Morgan fingerprint density at radius 3 is 0.746 bits per heavy atom. The van der Waals surface area contributed by atoms with Gasteiger partial charge in [0.1, 0.15) is 39.4 Å². The number of nitrogens with zero attached hydrogens (tertiary/aromatic N) is 6. The highest BCUT2D eigenvalue weighted by Gasteiger charge is 2.29. The van der Waals surface area contributed by atoms with E-state index in [9.17, 15) is 28.8 Å². The van der Waals surface area contributed by atoms with E-state index in [1.165, 1.54) is 32.2 Å². The Labute approximate surface area is 846 Å². The average Bonchev–Trinajstić information content (AvgIpc) is 1.56. The molecule has 6 amide bonds. The second-order valence-corrected chi connectivity index (χ2v) is 27.1. The lowest BCUT2D eigenvalue weighted by molar-refractivity contribution is 0.176. The Bertz CT molecular complexity index is 9730. The summed E-state index contributed by atoms with van der Waals surface area (Å²) >= 11 is 0. The lowest BCUT2D eigenvalue weighted by Crippen LogP contribution is -2.28. The number of rotatable bonds is 30. The number of aromatic nitrogens is 6. The molecule has 18 rings (SSSR count). The fourth-order valence-electron chi connectivity index (χ4n) is 11.3. The van der Waals surface area contributed by atoms with Crippen LogP contribution in [0.3, 0.4) is 0 Å². The summed E-state index contributed by atoms with van der Waals surface area (Å²) < 4.78 is 652. The lowest BCUT2D eigenvalue weighted by Gasteiger charge is -2.09.